The number of aromatic carboxylic acids is 1. The van der Waals surface area contributed by atoms with E-state index in [-0.39, 0.29) is 11.0 Å². The molecule has 0 amide bonds. The summed E-state index contributed by atoms with van der Waals surface area (Å²) in [6.45, 7) is 4.25. The second-order valence-electron chi connectivity index (χ2n) is 6.78. The Bertz CT molecular complexity index is 873. The van der Waals surface area contributed by atoms with Gasteiger partial charge in [0.15, 0.2) is 0 Å². The first-order valence-electron chi connectivity index (χ1n) is 8.00. The number of fused-ring (bicyclic) bond motifs is 1. The Kier molecular flexibility index (Phi) is 4.43. The molecule has 4 nitrogen and oxygen atoms in total. The highest BCUT2D eigenvalue weighted by molar-refractivity contribution is 7.16. The number of methoxy groups -OCH3 is 1. The number of hydrogen-bond acceptors (Lipinski definition) is 4. The number of thiophene rings is 1. The van der Waals surface area contributed by atoms with Crippen LogP contribution in [-0.2, 0) is 5.41 Å². The molecule has 25 heavy (non-hydrogen) atoms. The van der Waals surface area contributed by atoms with Gasteiger partial charge in [-0.25, -0.2) is 4.79 Å². The Hall–Kier alpha value is -2.53. The Morgan fingerprint density at radius 1 is 1.28 bits per heavy atom. The molecule has 1 aromatic heterocycles. The van der Waals surface area contributed by atoms with Gasteiger partial charge in [0.05, 0.1) is 7.11 Å². The van der Waals surface area contributed by atoms with E-state index < -0.39 is 5.97 Å². The topological polar surface area (TPSA) is 72.5 Å². The van der Waals surface area contributed by atoms with E-state index in [0.29, 0.717) is 5.00 Å². The number of carboxylic acid groups (broad SMARTS) is 1. The SMILES string of the molecule is COc1ccc(/C=C/C2=Cc3c(sc(N)c3C(=O)O)C(C)(C)C2)cc1. The number of carboxylic acids is 1. The Labute approximate surface area is 151 Å². The van der Waals surface area contributed by atoms with Crippen LogP contribution in [0, 0.1) is 0 Å². The molecule has 0 saturated heterocycles. The predicted molar refractivity (Wildman–Crippen MR) is 103 cm³/mol. The first-order chi connectivity index (χ1) is 11.8. The number of ether oxygens (including phenoxy) is 1. The summed E-state index contributed by atoms with van der Waals surface area (Å²) in [5, 5.41) is 9.87. The molecule has 0 atom stereocenters. The molecule has 3 rings (SSSR count). The number of hydrogen-bond donors (Lipinski definition) is 2. The maximum Gasteiger partial charge on any atom is 0.339 e. The highest BCUT2D eigenvalue weighted by atomic mass is 32.1. The van der Waals surface area contributed by atoms with Crippen LogP contribution in [0.4, 0.5) is 5.00 Å². The number of allylic oxidation sites excluding steroid dienone is 2. The maximum atomic E-state index is 11.6. The van der Waals surface area contributed by atoms with Crippen molar-refractivity contribution in [1.82, 2.24) is 0 Å². The third-order valence-electron chi connectivity index (χ3n) is 4.38. The van der Waals surface area contributed by atoms with Gasteiger partial charge in [0.2, 0.25) is 0 Å². The van der Waals surface area contributed by atoms with E-state index in [9.17, 15) is 9.90 Å². The average Bonchev–Trinajstić information content (AvgIpc) is 2.90. The van der Waals surface area contributed by atoms with Crippen LogP contribution in [0.2, 0.25) is 0 Å². The van der Waals surface area contributed by atoms with Crippen molar-refractivity contribution in [2.45, 2.75) is 25.7 Å². The standard InChI is InChI=1S/C20H21NO3S/c1-20(2)11-13(5-4-12-6-8-14(24-3)9-7-12)10-15-16(19(22)23)18(21)25-17(15)20/h4-10H,11,21H2,1-3H3,(H,22,23)/b5-4+. The van der Waals surface area contributed by atoms with E-state index in [1.165, 1.54) is 11.3 Å². The van der Waals surface area contributed by atoms with Gasteiger partial charge in [-0.05, 0) is 35.8 Å². The molecule has 1 aromatic carbocycles. The van der Waals surface area contributed by atoms with Gasteiger partial charge < -0.3 is 15.6 Å². The highest BCUT2D eigenvalue weighted by Crippen LogP contribution is 2.46. The molecule has 2 aromatic rings. The second-order valence-corrected chi connectivity index (χ2v) is 7.83. The Balaban J connectivity index is 1.97. The molecule has 0 unspecified atom stereocenters. The molecule has 0 spiro atoms. The number of rotatable bonds is 4. The van der Waals surface area contributed by atoms with Gasteiger partial charge in [0.1, 0.15) is 16.3 Å². The van der Waals surface area contributed by atoms with Crippen molar-refractivity contribution in [3.05, 3.63) is 57.5 Å². The quantitative estimate of drug-likeness (QED) is 0.825. The summed E-state index contributed by atoms with van der Waals surface area (Å²) in [5.41, 5.74) is 8.95. The number of nitrogen functional groups attached to an aromatic ring is 1. The minimum Gasteiger partial charge on any atom is -0.497 e. The summed E-state index contributed by atoms with van der Waals surface area (Å²) in [7, 11) is 1.64. The van der Waals surface area contributed by atoms with Crippen LogP contribution in [0.25, 0.3) is 12.2 Å². The minimum absolute atomic E-state index is 0.143. The summed E-state index contributed by atoms with van der Waals surface area (Å²) in [6.07, 6.45) is 6.87. The summed E-state index contributed by atoms with van der Waals surface area (Å²) < 4.78 is 5.17. The van der Waals surface area contributed by atoms with Crippen molar-refractivity contribution >= 4 is 34.5 Å². The summed E-state index contributed by atoms with van der Waals surface area (Å²) in [6, 6.07) is 7.80. The van der Waals surface area contributed by atoms with Crippen LogP contribution in [0.5, 0.6) is 5.75 Å². The fraction of sp³-hybridized carbons (Fsp3) is 0.250. The van der Waals surface area contributed by atoms with Crippen molar-refractivity contribution in [1.29, 1.82) is 0 Å². The van der Waals surface area contributed by atoms with E-state index >= 15 is 0 Å². The third kappa shape index (κ3) is 3.33. The molecule has 1 aliphatic carbocycles. The van der Waals surface area contributed by atoms with Gasteiger partial charge in [0, 0.05) is 15.9 Å². The summed E-state index contributed by atoms with van der Waals surface area (Å²) in [5.74, 6) is -0.151. The first kappa shape index (κ1) is 17.3. The van der Waals surface area contributed by atoms with Crippen LogP contribution < -0.4 is 10.5 Å². The lowest BCUT2D eigenvalue weighted by atomic mass is 9.77. The minimum atomic E-state index is -0.970. The van der Waals surface area contributed by atoms with E-state index in [1.54, 1.807) is 7.11 Å². The predicted octanol–water partition coefficient (Wildman–Crippen LogP) is 4.82. The van der Waals surface area contributed by atoms with Crippen molar-refractivity contribution in [3.8, 4) is 5.75 Å². The molecule has 5 heteroatoms. The molecule has 1 aliphatic rings. The van der Waals surface area contributed by atoms with Crippen LogP contribution >= 0.6 is 11.3 Å². The maximum absolute atomic E-state index is 11.6. The molecule has 130 valence electrons. The highest BCUT2D eigenvalue weighted by Gasteiger charge is 2.34. The fourth-order valence-corrected chi connectivity index (χ4v) is 4.31. The molecule has 0 saturated carbocycles. The van der Waals surface area contributed by atoms with Crippen molar-refractivity contribution in [3.63, 3.8) is 0 Å². The van der Waals surface area contributed by atoms with Crippen LogP contribution in [0.15, 0.2) is 35.9 Å². The smallest absolute Gasteiger partial charge is 0.339 e. The lowest BCUT2D eigenvalue weighted by molar-refractivity contribution is 0.0698. The van der Waals surface area contributed by atoms with Gasteiger partial charge in [-0.1, -0.05) is 38.1 Å². The number of carbonyl (C=O) groups is 1. The van der Waals surface area contributed by atoms with E-state index in [4.69, 9.17) is 10.5 Å². The molecule has 0 aliphatic heterocycles. The van der Waals surface area contributed by atoms with Crippen LogP contribution in [0.1, 0.15) is 46.6 Å². The van der Waals surface area contributed by atoms with E-state index in [1.807, 2.05) is 42.5 Å². The normalized spacial score (nSPS) is 15.7. The van der Waals surface area contributed by atoms with Gasteiger partial charge in [-0.2, -0.15) is 0 Å². The first-order valence-corrected chi connectivity index (χ1v) is 8.82. The molecular weight excluding hydrogens is 334 g/mol. The van der Waals surface area contributed by atoms with Crippen LogP contribution in [-0.4, -0.2) is 18.2 Å². The lowest BCUT2D eigenvalue weighted by Crippen LogP contribution is -2.20. The molecular formula is C20H21NO3S. The average molecular weight is 355 g/mol. The van der Waals surface area contributed by atoms with Crippen molar-refractivity contribution in [2.24, 2.45) is 0 Å². The number of anilines is 1. The Morgan fingerprint density at radius 3 is 2.56 bits per heavy atom. The van der Waals surface area contributed by atoms with Crippen molar-refractivity contribution in [2.75, 3.05) is 12.8 Å². The molecule has 3 N–H and O–H groups in total. The molecule has 0 radical (unpaired) electrons. The second kappa shape index (κ2) is 6.41. The third-order valence-corrected chi connectivity index (χ3v) is 5.78. The molecule has 0 fully saturated rings. The van der Waals surface area contributed by atoms with Gasteiger partial charge in [-0.3, -0.25) is 0 Å². The van der Waals surface area contributed by atoms with Gasteiger partial charge in [-0.15, -0.1) is 11.3 Å². The van der Waals surface area contributed by atoms with Crippen molar-refractivity contribution < 1.29 is 14.6 Å². The lowest BCUT2D eigenvalue weighted by Gasteiger charge is -2.29. The van der Waals surface area contributed by atoms with E-state index in [0.717, 1.165) is 33.7 Å². The molecule has 1 heterocycles. The molecule has 0 bridgehead atoms. The summed E-state index contributed by atoms with van der Waals surface area (Å²) >= 11 is 1.39. The summed E-state index contributed by atoms with van der Waals surface area (Å²) in [4.78, 5) is 12.6. The van der Waals surface area contributed by atoms with Gasteiger partial charge in [0.25, 0.3) is 0 Å². The largest absolute Gasteiger partial charge is 0.497 e. The monoisotopic (exact) mass is 355 g/mol. The Morgan fingerprint density at radius 2 is 1.96 bits per heavy atom. The van der Waals surface area contributed by atoms with Gasteiger partial charge >= 0.3 is 5.97 Å². The number of benzene rings is 1. The van der Waals surface area contributed by atoms with E-state index in [2.05, 4.69) is 13.8 Å². The fourth-order valence-electron chi connectivity index (χ4n) is 3.18. The van der Waals surface area contributed by atoms with Crippen LogP contribution in [0.3, 0.4) is 0 Å². The zero-order valence-electron chi connectivity index (χ0n) is 14.5. The zero-order valence-corrected chi connectivity index (χ0v) is 15.3. The zero-order chi connectivity index (χ0) is 18.2. The number of nitrogens with two attached hydrogens (primary N) is 1.